The van der Waals surface area contributed by atoms with Gasteiger partial charge in [-0.05, 0) is 0 Å². The van der Waals surface area contributed by atoms with Crippen molar-refractivity contribution in [3.05, 3.63) is 40.7 Å². The van der Waals surface area contributed by atoms with E-state index in [2.05, 4.69) is 39.9 Å². The lowest BCUT2D eigenvalue weighted by Gasteiger charge is -2.24. The zero-order valence-corrected chi connectivity index (χ0v) is 9.13. The molecular weight excluding hydrogens is 204 g/mol. The van der Waals surface area contributed by atoms with Gasteiger partial charge in [0.25, 0.3) is 0 Å². The molecule has 2 aromatic rings. The lowest BCUT2D eigenvalue weighted by molar-refractivity contribution is 0.447. The number of thiazole rings is 1. The highest BCUT2D eigenvalue weighted by Gasteiger charge is 2.22. The Kier molecular flexibility index (Phi) is 2.27. The Labute approximate surface area is 93.0 Å². The smallest absolute Gasteiger partial charge is 0.0989 e. The Morgan fingerprint density at radius 2 is 2.00 bits per heavy atom. The number of benzene rings is 1. The molecule has 1 fully saturated rings. The zero-order valence-electron chi connectivity index (χ0n) is 8.31. The molecule has 1 N–H and O–H groups in total. The van der Waals surface area contributed by atoms with Crippen molar-refractivity contribution in [2.75, 3.05) is 13.1 Å². The van der Waals surface area contributed by atoms with Gasteiger partial charge in [-0.25, -0.2) is 4.98 Å². The van der Waals surface area contributed by atoms with Crippen molar-refractivity contribution in [3.8, 4) is 11.3 Å². The van der Waals surface area contributed by atoms with E-state index in [0.717, 1.165) is 18.8 Å². The van der Waals surface area contributed by atoms with Crippen LogP contribution in [0, 0.1) is 0 Å². The molecule has 1 aliphatic rings. The second-order valence-electron chi connectivity index (χ2n) is 3.79. The third-order valence-electron chi connectivity index (χ3n) is 2.72. The molecule has 76 valence electrons. The maximum atomic E-state index is 4.68. The summed E-state index contributed by atoms with van der Waals surface area (Å²) in [5.41, 5.74) is 2.33. The van der Waals surface area contributed by atoms with Crippen LogP contribution in [0.25, 0.3) is 11.3 Å². The van der Waals surface area contributed by atoms with E-state index in [1.54, 1.807) is 11.3 Å². The first kappa shape index (κ1) is 9.07. The summed E-state index contributed by atoms with van der Waals surface area (Å²) in [4.78, 5) is 4.68. The molecule has 3 heteroatoms. The predicted molar refractivity (Wildman–Crippen MR) is 63.2 cm³/mol. The molecule has 0 aliphatic carbocycles. The highest BCUT2D eigenvalue weighted by Crippen LogP contribution is 2.28. The minimum atomic E-state index is 0.646. The van der Waals surface area contributed by atoms with Gasteiger partial charge in [0.2, 0.25) is 0 Å². The van der Waals surface area contributed by atoms with Gasteiger partial charge < -0.3 is 5.32 Å². The van der Waals surface area contributed by atoms with Crippen LogP contribution >= 0.6 is 11.3 Å². The molecule has 0 radical (unpaired) electrons. The molecule has 0 unspecified atom stereocenters. The lowest BCUT2D eigenvalue weighted by atomic mass is 10.1. The minimum absolute atomic E-state index is 0.646. The van der Waals surface area contributed by atoms with Crippen LogP contribution in [0.1, 0.15) is 10.9 Å². The van der Waals surface area contributed by atoms with Crippen LogP contribution in [-0.2, 0) is 0 Å². The lowest BCUT2D eigenvalue weighted by Crippen LogP contribution is -2.39. The molecule has 0 amide bonds. The summed E-state index contributed by atoms with van der Waals surface area (Å²) >= 11 is 1.78. The van der Waals surface area contributed by atoms with Gasteiger partial charge in [0.05, 0.1) is 10.7 Å². The van der Waals surface area contributed by atoms with E-state index in [4.69, 9.17) is 0 Å². The first-order valence-electron chi connectivity index (χ1n) is 5.15. The fourth-order valence-electron chi connectivity index (χ4n) is 1.68. The molecule has 0 atom stereocenters. The summed E-state index contributed by atoms with van der Waals surface area (Å²) in [6, 6.07) is 10.4. The maximum Gasteiger partial charge on any atom is 0.0989 e. The fraction of sp³-hybridized carbons (Fsp3) is 0.250. The van der Waals surface area contributed by atoms with Crippen LogP contribution in [0.15, 0.2) is 35.7 Å². The topological polar surface area (TPSA) is 24.9 Å². The second kappa shape index (κ2) is 3.76. The van der Waals surface area contributed by atoms with Crippen molar-refractivity contribution in [2.24, 2.45) is 0 Å². The molecule has 1 aliphatic heterocycles. The average Bonchev–Trinajstić information content (AvgIpc) is 2.66. The van der Waals surface area contributed by atoms with Crippen LogP contribution < -0.4 is 5.32 Å². The van der Waals surface area contributed by atoms with Gasteiger partial charge >= 0.3 is 0 Å². The van der Waals surface area contributed by atoms with Gasteiger partial charge in [-0.15, -0.1) is 11.3 Å². The summed E-state index contributed by atoms with van der Waals surface area (Å²) in [6.07, 6.45) is 0. The van der Waals surface area contributed by atoms with Gasteiger partial charge in [0.1, 0.15) is 0 Å². The first-order chi connectivity index (χ1) is 7.43. The molecule has 2 nitrogen and oxygen atoms in total. The second-order valence-corrected chi connectivity index (χ2v) is 4.68. The Morgan fingerprint density at radius 1 is 1.20 bits per heavy atom. The van der Waals surface area contributed by atoms with Crippen molar-refractivity contribution < 1.29 is 0 Å². The number of hydrogen-bond donors (Lipinski definition) is 1. The maximum absolute atomic E-state index is 4.68. The normalized spacial score (nSPS) is 16.3. The molecule has 15 heavy (non-hydrogen) atoms. The van der Waals surface area contributed by atoms with E-state index in [-0.39, 0.29) is 0 Å². The standard InChI is InChI=1S/C12H12N2S/c1-2-4-9(5-3-1)11-8-15-12(14-11)10-6-13-7-10/h1-5,8,10,13H,6-7H2. The summed E-state index contributed by atoms with van der Waals surface area (Å²) < 4.78 is 0. The van der Waals surface area contributed by atoms with Crippen LogP contribution in [0.3, 0.4) is 0 Å². The van der Waals surface area contributed by atoms with Gasteiger partial charge in [0, 0.05) is 30.0 Å². The number of aromatic nitrogens is 1. The van der Waals surface area contributed by atoms with Gasteiger partial charge in [-0.3, -0.25) is 0 Å². The molecule has 2 heterocycles. The third-order valence-corrected chi connectivity index (χ3v) is 3.73. The predicted octanol–water partition coefficient (Wildman–Crippen LogP) is 2.50. The largest absolute Gasteiger partial charge is 0.315 e. The van der Waals surface area contributed by atoms with Gasteiger partial charge in [0.15, 0.2) is 0 Å². The Bertz CT molecular complexity index is 446. The van der Waals surface area contributed by atoms with E-state index in [0.29, 0.717) is 5.92 Å². The van der Waals surface area contributed by atoms with Crippen LogP contribution in [0.2, 0.25) is 0 Å². The Morgan fingerprint density at radius 3 is 2.67 bits per heavy atom. The molecule has 3 rings (SSSR count). The number of nitrogens with one attached hydrogen (secondary N) is 1. The number of hydrogen-bond acceptors (Lipinski definition) is 3. The van der Waals surface area contributed by atoms with E-state index in [1.165, 1.54) is 10.6 Å². The Balaban J connectivity index is 1.90. The molecule has 1 aromatic carbocycles. The summed E-state index contributed by atoms with van der Waals surface area (Å²) in [6.45, 7) is 2.17. The van der Waals surface area contributed by atoms with Crippen molar-refractivity contribution >= 4 is 11.3 Å². The highest BCUT2D eigenvalue weighted by atomic mass is 32.1. The third kappa shape index (κ3) is 1.68. The van der Waals surface area contributed by atoms with Crippen LogP contribution in [0.4, 0.5) is 0 Å². The minimum Gasteiger partial charge on any atom is -0.315 e. The monoisotopic (exact) mass is 216 g/mol. The first-order valence-corrected chi connectivity index (χ1v) is 6.03. The van der Waals surface area contributed by atoms with E-state index in [9.17, 15) is 0 Å². The van der Waals surface area contributed by atoms with Crippen molar-refractivity contribution in [3.63, 3.8) is 0 Å². The van der Waals surface area contributed by atoms with Crippen molar-refractivity contribution in [2.45, 2.75) is 5.92 Å². The van der Waals surface area contributed by atoms with Crippen LogP contribution in [0.5, 0.6) is 0 Å². The molecule has 1 aromatic heterocycles. The van der Waals surface area contributed by atoms with Gasteiger partial charge in [-0.1, -0.05) is 30.3 Å². The fourth-order valence-corrected chi connectivity index (χ4v) is 2.61. The molecule has 0 spiro atoms. The average molecular weight is 216 g/mol. The molecule has 0 bridgehead atoms. The van der Waals surface area contributed by atoms with Crippen molar-refractivity contribution in [1.82, 2.24) is 10.3 Å². The van der Waals surface area contributed by atoms with E-state index >= 15 is 0 Å². The van der Waals surface area contributed by atoms with E-state index in [1.807, 2.05) is 6.07 Å². The Hall–Kier alpha value is -1.19. The zero-order chi connectivity index (χ0) is 10.1. The number of nitrogens with zero attached hydrogens (tertiary/aromatic N) is 1. The summed E-state index contributed by atoms with van der Waals surface area (Å²) in [7, 11) is 0. The summed E-state index contributed by atoms with van der Waals surface area (Å²) in [5, 5.41) is 6.70. The highest BCUT2D eigenvalue weighted by molar-refractivity contribution is 7.10. The van der Waals surface area contributed by atoms with Gasteiger partial charge in [-0.2, -0.15) is 0 Å². The summed E-state index contributed by atoms with van der Waals surface area (Å²) in [5.74, 6) is 0.646. The SMILES string of the molecule is c1ccc(-c2csc(C3CNC3)n2)cc1. The molecular formula is C12H12N2S. The number of rotatable bonds is 2. The van der Waals surface area contributed by atoms with Crippen LogP contribution in [-0.4, -0.2) is 18.1 Å². The quantitative estimate of drug-likeness (QED) is 0.834. The molecule has 0 saturated carbocycles. The van der Waals surface area contributed by atoms with E-state index < -0.39 is 0 Å². The molecule has 1 saturated heterocycles. The van der Waals surface area contributed by atoms with Crippen molar-refractivity contribution in [1.29, 1.82) is 0 Å².